The van der Waals surface area contributed by atoms with Crippen molar-refractivity contribution in [2.45, 2.75) is 37.1 Å². The average Bonchev–Trinajstić information content (AvgIpc) is 3.57. The third kappa shape index (κ3) is 2.81. The molecule has 3 aromatic rings. The van der Waals surface area contributed by atoms with Crippen LogP contribution < -0.4 is 0 Å². The summed E-state index contributed by atoms with van der Waals surface area (Å²) in [5.74, 6) is 0.877. The second kappa shape index (κ2) is 6.75. The van der Waals surface area contributed by atoms with Crippen LogP contribution in [0.4, 0.5) is 5.69 Å². The van der Waals surface area contributed by atoms with Crippen molar-refractivity contribution in [2.75, 3.05) is 0 Å². The molecule has 33 heavy (non-hydrogen) atoms. The molecule has 4 aliphatic rings. The largest absolute Gasteiger partial charge is 0.471 e. The van der Waals surface area contributed by atoms with Crippen LogP contribution in [0.1, 0.15) is 45.5 Å². The van der Waals surface area contributed by atoms with Crippen LogP contribution in [0, 0.1) is 10.1 Å². The Hall–Kier alpha value is -4.00. The summed E-state index contributed by atoms with van der Waals surface area (Å²) in [5, 5.41) is 11.7. The molecular weight excluding hydrogens is 418 g/mol. The first-order valence-electron chi connectivity index (χ1n) is 11.1. The van der Waals surface area contributed by atoms with Gasteiger partial charge in [0.25, 0.3) is 5.69 Å². The van der Waals surface area contributed by atoms with Crippen molar-refractivity contribution >= 4 is 17.5 Å². The van der Waals surface area contributed by atoms with E-state index in [4.69, 9.17) is 19.5 Å². The Bertz CT molecular complexity index is 1300. The van der Waals surface area contributed by atoms with E-state index < -0.39 is 4.92 Å². The number of rotatable bonds is 3. The fourth-order valence-corrected chi connectivity index (χ4v) is 5.44. The maximum atomic E-state index is 11.7. The number of ether oxygens (including phenoxy) is 2. The van der Waals surface area contributed by atoms with Gasteiger partial charge in [0.1, 0.15) is 24.3 Å². The molecule has 0 spiro atoms. The van der Waals surface area contributed by atoms with Crippen molar-refractivity contribution in [1.82, 2.24) is 0 Å². The maximum Gasteiger partial charge on any atom is 0.271 e. The predicted octanol–water partition coefficient (Wildman–Crippen LogP) is 4.48. The summed E-state index contributed by atoms with van der Waals surface area (Å²) in [5.41, 5.74) is 5.95. The van der Waals surface area contributed by atoms with Gasteiger partial charge in [-0.1, -0.05) is 48.5 Å². The van der Waals surface area contributed by atoms with Crippen LogP contribution in [0.2, 0.25) is 0 Å². The minimum Gasteiger partial charge on any atom is -0.471 e. The van der Waals surface area contributed by atoms with Crippen LogP contribution in [0.5, 0.6) is 0 Å². The Labute approximate surface area is 189 Å². The molecule has 4 atom stereocenters. The molecule has 0 saturated carbocycles. The van der Waals surface area contributed by atoms with E-state index in [-0.39, 0.29) is 30.0 Å². The summed E-state index contributed by atoms with van der Waals surface area (Å²) in [4.78, 5) is 20.9. The minimum atomic E-state index is -0.399. The molecule has 162 valence electrons. The molecule has 2 heterocycles. The molecule has 0 aromatic heterocycles. The Morgan fingerprint density at radius 3 is 1.73 bits per heavy atom. The van der Waals surface area contributed by atoms with Gasteiger partial charge in [0.05, 0.1) is 4.92 Å². The van der Waals surface area contributed by atoms with Crippen LogP contribution in [0.25, 0.3) is 0 Å². The average molecular weight is 437 g/mol. The highest BCUT2D eigenvalue weighted by molar-refractivity contribution is 6.02. The van der Waals surface area contributed by atoms with E-state index in [0.717, 1.165) is 24.0 Å². The first-order chi connectivity index (χ1) is 16.1. The maximum absolute atomic E-state index is 11.7. The van der Waals surface area contributed by atoms with Gasteiger partial charge in [0.15, 0.2) is 0 Å². The van der Waals surface area contributed by atoms with Gasteiger partial charge < -0.3 is 9.47 Å². The lowest BCUT2D eigenvalue weighted by Gasteiger charge is -2.11. The lowest BCUT2D eigenvalue weighted by molar-refractivity contribution is -0.384. The number of nitro groups is 1. The smallest absolute Gasteiger partial charge is 0.271 e. The van der Waals surface area contributed by atoms with Gasteiger partial charge in [0, 0.05) is 36.1 Å². The monoisotopic (exact) mass is 437 g/mol. The number of nitro benzene ring substituents is 1. The highest BCUT2D eigenvalue weighted by Crippen LogP contribution is 2.43. The molecule has 3 aromatic carbocycles. The van der Waals surface area contributed by atoms with Crippen LogP contribution >= 0.6 is 0 Å². The zero-order valence-electron chi connectivity index (χ0n) is 17.5. The molecule has 7 heteroatoms. The van der Waals surface area contributed by atoms with Gasteiger partial charge in [-0.15, -0.1) is 0 Å². The highest BCUT2D eigenvalue weighted by atomic mass is 16.6. The molecule has 0 fully saturated rings. The van der Waals surface area contributed by atoms with Gasteiger partial charge in [-0.3, -0.25) is 10.1 Å². The number of nitrogens with zero attached hydrogens (tertiary/aromatic N) is 3. The number of benzene rings is 3. The summed E-state index contributed by atoms with van der Waals surface area (Å²) >= 11 is 0. The third-order valence-electron chi connectivity index (χ3n) is 6.96. The van der Waals surface area contributed by atoms with Gasteiger partial charge in [0.2, 0.25) is 11.8 Å². The summed E-state index contributed by atoms with van der Waals surface area (Å²) < 4.78 is 12.3. The van der Waals surface area contributed by atoms with Crippen molar-refractivity contribution < 1.29 is 14.4 Å². The van der Waals surface area contributed by atoms with Crippen molar-refractivity contribution in [3.8, 4) is 0 Å². The van der Waals surface area contributed by atoms with Crippen molar-refractivity contribution in [3.63, 3.8) is 0 Å². The van der Waals surface area contributed by atoms with E-state index in [1.54, 1.807) is 0 Å². The van der Waals surface area contributed by atoms with Crippen molar-refractivity contribution in [2.24, 2.45) is 9.98 Å². The molecule has 0 bridgehead atoms. The number of hydrogen-bond acceptors (Lipinski definition) is 6. The Morgan fingerprint density at radius 2 is 1.24 bits per heavy atom. The third-order valence-corrected chi connectivity index (χ3v) is 6.96. The van der Waals surface area contributed by atoms with Crippen molar-refractivity contribution in [3.05, 3.63) is 110 Å². The van der Waals surface area contributed by atoms with E-state index in [9.17, 15) is 10.1 Å². The van der Waals surface area contributed by atoms with Gasteiger partial charge in [-0.05, 0) is 28.3 Å². The quantitative estimate of drug-likeness (QED) is 0.447. The summed E-state index contributed by atoms with van der Waals surface area (Å²) in [6.45, 7) is 0. The Kier molecular flexibility index (Phi) is 3.80. The normalized spacial score (nSPS) is 25.8. The number of fused-ring (bicyclic) bond motifs is 6. The van der Waals surface area contributed by atoms with Gasteiger partial charge in [-0.25, -0.2) is 9.98 Å². The highest BCUT2D eigenvalue weighted by Gasteiger charge is 2.41. The Morgan fingerprint density at radius 1 is 0.758 bits per heavy atom. The summed E-state index contributed by atoms with van der Waals surface area (Å²) in [6, 6.07) is 21.1. The molecule has 0 N–H and O–H groups in total. The first kappa shape index (κ1) is 18.6. The molecular formula is C26H19N3O4. The van der Waals surface area contributed by atoms with Crippen LogP contribution in [-0.4, -0.2) is 28.9 Å². The molecule has 7 rings (SSSR count). The fourth-order valence-electron chi connectivity index (χ4n) is 5.44. The zero-order valence-corrected chi connectivity index (χ0v) is 17.5. The molecule has 0 amide bonds. The first-order valence-corrected chi connectivity index (χ1v) is 11.1. The molecule has 0 radical (unpaired) electrons. The fraction of sp³-hybridized carbons (Fsp3) is 0.231. The molecule has 2 aliphatic carbocycles. The topological polar surface area (TPSA) is 86.3 Å². The molecule has 2 aliphatic heterocycles. The lowest BCUT2D eigenvalue weighted by Crippen LogP contribution is -2.15. The molecule has 7 nitrogen and oxygen atoms in total. The molecule has 0 saturated heterocycles. The summed E-state index contributed by atoms with van der Waals surface area (Å²) in [7, 11) is 0. The van der Waals surface area contributed by atoms with E-state index in [2.05, 4.69) is 24.3 Å². The van der Waals surface area contributed by atoms with Crippen LogP contribution in [0.3, 0.4) is 0 Å². The van der Waals surface area contributed by atoms with E-state index in [1.165, 1.54) is 23.3 Å². The van der Waals surface area contributed by atoms with Gasteiger partial charge >= 0.3 is 0 Å². The van der Waals surface area contributed by atoms with E-state index in [0.29, 0.717) is 22.9 Å². The second-order valence-electron chi connectivity index (χ2n) is 8.90. The van der Waals surface area contributed by atoms with E-state index in [1.807, 2.05) is 30.3 Å². The predicted molar refractivity (Wildman–Crippen MR) is 122 cm³/mol. The Balaban J connectivity index is 1.27. The van der Waals surface area contributed by atoms with Crippen molar-refractivity contribution in [1.29, 1.82) is 0 Å². The van der Waals surface area contributed by atoms with E-state index >= 15 is 0 Å². The second-order valence-corrected chi connectivity index (χ2v) is 8.90. The van der Waals surface area contributed by atoms with Gasteiger partial charge in [-0.2, -0.15) is 0 Å². The lowest BCUT2D eigenvalue weighted by atomic mass is 10.1. The zero-order chi connectivity index (χ0) is 22.1. The number of hydrogen-bond donors (Lipinski definition) is 0. The number of non-ortho nitro benzene ring substituents is 1. The minimum absolute atomic E-state index is 0.0324. The molecule has 0 unspecified atom stereocenters. The summed E-state index contributed by atoms with van der Waals surface area (Å²) in [6.07, 6.45) is 1.43. The van der Waals surface area contributed by atoms with Crippen LogP contribution in [0.15, 0.2) is 76.7 Å². The standard InChI is InChI=1S/C26H19N3O4/c30-29(31)18-10-16(25-27-23-19-7-3-1-5-14(19)12-21(23)32-25)9-17(11-18)26-28-24-20-8-4-2-6-15(20)13-22(24)33-26/h1-11,21-24H,12-13H2/t21-,22-,23+,24+/m1/s1. The van der Waals surface area contributed by atoms with Crippen LogP contribution in [-0.2, 0) is 22.3 Å². The SMILES string of the molecule is O=[N+]([O-])c1cc(C2=N[C@H]3c4ccccc4C[C@H]3O2)cc(C2=N[C@H]3c4ccccc4C[C@H]3O2)c1. The number of aliphatic imine (C=N–C) groups is 2.